The molecule has 1 aromatic carbocycles. The largest absolute Gasteiger partial charge is 0.493 e. The Morgan fingerprint density at radius 3 is 2.68 bits per heavy atom. The van der Waals surface area contributed by atoms with E-state index >= 15 is 0 Å². The lowest BCUT2D eigenvalue weighted by atomic mass is 10.1. The molecule has 0 bridgehead atoms. The van der Waals surface area contributed by atoms with Crippen LogP contribution in [0.5, 0.6) is 11.5 Å². The minimum atomic E-state index is -0.386. The average Bonchev–Trinajstić information content (AvgIpc) is 2.74. The first-order chi connectivity index (χ1) is 13.6. The molecule has 152 valence electrons. The number of amides is 1. The number of hydrogen-bond donors (Lipinski definition) is 2. The third kappa shape index (κ3) is 6.15. The van der Waals surface area contributed by atoms with Crippen LogP contribution in [-0.4, -0.2) is 64.4 Å². The highest BCUT2D eigenvalue weighted by Gasteiger charge is 2.13. The van der Waals surface area contributed by atoms with Gasteiger partial charge in [-0.3, -0.25) is 9.69 Å². The summed E-state index contributed by atoms with van der Waals surface area (Å²) in [5.74, 6) is 0.883. The number of nitrogens with zero attached hydrogens (tertiary/aromatic N) is 2. The van der Waals surface area contributed by atoms with E-state index in [1.807, 2.05) is 31.2 Å². The molecule has 1 amide bonds. The summed E-state index contributed by atoms with van der Waals surface area (Å²) in [6.45, 7) is 6.32. The van der Waals surface area contributed by atoms with Gasteiger partial charge in [0.2, 0.25) is 0 Å². The van der Waals surface area contributed by atoms with E-state index in [9.17, 15) is 10.1 Å². The van der Waals surface area contributed by atoms with E-state index in [4.69, 9.17) is 14.2 Å². The number of rotatable bonds is 9. The smallest absolute Gasteiger partial charge is 0.263 e. The fourth-order valence-corrected chi connectivity index (χ4v) is 2.82. The zero-order valence-corrected chi connectivity index (χ0v) is 16.7. The zero-order chi connectivity index (χ0) is 20.4. The van der Waals surface area contributed by atoms with Crippen molar-refractivity contribution in [3.8, 4) is 17.6 Å². The van der Waals surface area contributed by atoms with Crippen molar-refractivity contribution in [2.75, 3.05) is 53.6 Å². The van der Waals surface area contributed by atoms with Crippen LogP contribution in [0.15, 0.2) is 30.0 Å². The van der Waals surface area contributed by atoms with Crippen LogP contribution in [-0.2, 0) is 9.53 Å². The van der Waals surface area contributed by atoms with Gasteiger partial charge in [-0.2, -0.15) is 5.26 Å². The minimum Gasteiger partial charge on any atom is -0.493 e. The Kier molecular flexibility index (Phi) is 8.59. The monoisotopic (exact) mass is 388 g/mol. The van der Waals surface area contributed by atoms with E-state index in [-0.39, 0.29) is 17.5 Å². The zero-order valence-electron chi connectivity index (χ0n) is 16.7. The van der Waals surface area contributed by atoms with E-state index < -0.39 is 0 Å². The van der Waals surface area contributed by atoms with E-state index in [1.165, 1.54) is 6.20 Å². The summed E-state index contributed by atoms with van der Waals surface area (Å²) in [5.41, 5.74) is 0.980. The molecule has 2 rings (SSSR count). The van der Waals surface area contributed by atoms with Gasteiger partial charge in [0.05, 0.1) is 27.4 Å². The molecule has 0 saturated carbocycles. The van der Waals surface area contributed by atoms with Crippen molar-refractivity contribution in [2.24, 2.45) is 0 Å². The molecule has 1 aliphatic rings. The van der Waals surface area contributed by atoms with E-state index in [0.717, 1.165) is 38.4 Å². The molecular weight excluding hydrogens is 360 g/mol. The second kappa shape index (κ2) is 11.2. The Morgan fingerprint density at radius 1 is 1.32 bits per heavy atom. The van der Waals surface area contributed by atoms with E-state index in [1.54, 1.807) is 14.2 Å². The molecule has 0 aromatic heterocycles. The van der Waals surface area contributed by atoms with Crippen LogP contribution in [0.2, 0.25) is 0 Å². The topological polar surface area (TPSA) is 95.8 Å². The quantitative estimate of drug-likeness (QED) is 0.485. The van der Waals surface area contributed by atoms with Crippen LogP contribution in [0, 0.1) is 11.3 Å². The number of ether oxygens (including phenoxy) is 3. The van der Waals surface area contributed by atoms with Gasteiger partial charge in [0.1, 0.15) is 11.6 Å². The molecule has 1 heterocycles. The Balaban J connectivity index is 1.88. The highest BCUT2D eigenvalue weighted by Crippen LogP contribution is 2.29. The van der Waals surface area contributed by atoms with Crippen molar-refractivity contribution in [3.05, 3.63) is 35.5 Å². The van der Waals surface area contributed by atoms with Gasteiger partial charge in [-0.1, -0.05) is 6.07 Å². The van der Waals surface area contributed by atoms with Gasteiger partial charge in [-0.25, -0.2) is 0 Å². The molecular formula is C20H28N4O4. The predicted octanol–water partition coefficient (Wildman–Crippen LogP) is 1.21. The summed E-state index contributed by atoms with van der Waals surface area (Å²) in [6, 6.07) is 7.41. The summed E-state index contributed by atoms with van der Waals surface area (Å²) in [4.78, 5) is 14.4. The molecule has 8 nitrogen and oxygen atoms in total. The van der Waals surface area contributed by atoms with E-state index in [0.29, 0.717) is 18.0 Å². The van der Waals surface area contributed by atoms with Gasteiger partial charge < -0.3 is 24.8 Å². The number of carbonyl (C=O) groups excluding carboxylic acids is 1. The number of morpholine rings is 1. The normalized spacial score (nSPS) is 16.0. The predicted molar refractivity (Wildman–Crippen MR) is 105 cm³/mol. The second-order valence-corrected chi connectivity index (χ2v) is 6.38. The standard InChI is InChI=1S/C20H28N4O4/c1-15(16-4-5-18(26-2)19(12-16)27-3)23-14-17(13-21)20(25)22-6-7-24-8-10-28-11-9-24/h4-5,12,14-15,23H,6-11H2,1-3H3,(H,22,25)/b17-14-. The molecule has 1 saturated heterocycles. The summed E-state index contributed by atoms with van der Waals surface area (Å²) in [7, 11) is 3.16. The Morgan fingerprint density at radius 2 is 2.04 bits per heavy atom. The molecule has 1 fully saturated rings. The average molecular weight is 388 g/mol. The molecule has 0 radical (unpaired) electrons. The summed E-state index contributed by atoms with van der Waals surface area (Å²) >= 11 is 0. The maximum Gasteiger partial charge on any atom is 0.263 e. The lowest BCUT2D eigenvalue weighted by Gasteiger charge is -2.26. The van der Waals surface area contributed by atoms with Gasteiger partial charge in [0, 0.05) is 38.4 Å². The van der Waals surface area contributed by atoms with Crippen LogP contribution < -0.4 is 20.1 Å². The first kappa shape index (κ1) is 21.5. The SMILES string of the molecule is COc1ccc(C(C)N/C=C(/C#N)C(=O)NCCN2CCOCC2)cc1OC. The molecule has 1 unspecified atom stereocenters. The fourth-order valence-electron chi connectivity index (χ4n) is 2.82. The Labute approximate surface area is 166 Å². The Hall–Kier alpha value is -2.76. The fraction of sp³-hybridized carbons (Fsp3) is 0.500. The number of hydrogen-bond acceptors (Lipinski definition) is 7. The highest BCUT2D eigenvalue weighted by atomic mass is 16.5. The van der Waals surface area contributed by atoms with Crippen LogP contribution >= 0.6 is 0 Å². The summed E-state index contributed by atoms with van der Waals surface area (Å²) < 4.78 is 15.8. The molecule has 1 aromatic rings. The lowest BCUT2D eigenvalue weighted by Crippen LogP contribution is -2.41. The first-order valence-corrected chi connectivity index (χ1v) is 9.25. The molecule has 1 atom stereocenters. The van der Waals surface area contributed by atoms with Gasteiger partial charge in [0.15, 0.2) is 11.5 Å². The van der Waals surface area contributed by atoms with Gasteiger partial charge in [-0.15, -0.1) is 0 Å². The number of carbonyl (C=O) groups is 1. The van der Waals surface area contributed by atoms with Crippen LogP contribution in [0.3, 0.4) is 0 Å². The van der Waals surface area contributed by atoms with Crippen molar-refractivity contribution in [3.63, 3.8) is 0 Å². The third-order valence-corrected chi connectivity index (χ3v) is 4.57. The molecule has 28 heavy (non-hydrogen) atoms. The maximum atomic E-state index is 12.2. The summed E-state index contributed by atoms with van der Waals surface area (Å²) in [5, 5.41) is 15.2. The summed E-state index contributed by atoms with van der Waals surface area (Å²) in [6.07, 6.45) is 1.45. The van der Waals surface area contributed by atoms with Crippen molar-refractivity contribution in [1.82, 2.24) is 15.5 Å². The highest BCUT2D eigenvalue weighted by molar-refractivity contribution is 5.97. The van der Waals surface area contributed by atoms with Crippen molar-refractivity contribution < 1.29 is 19.0 Å². The van der Waals surface area contributed by atoms with Crippen molar-refractivity contribution >= 4 is 5.91 Å². The molecule has 0 spiro atoms. The second-order valence-electron chi connectivity index (χ2n) is 6.38. The number of nitrogens with one attached hydrogen (secondary N) is 2. The Bertz CT molecular complexity index is 723. The van der Waals surface area contributed by atoms with Gasteiger partial charge >= 0.3 is 0 Å². The van der Waals surface area contributed by atoms with Crippen molar-refractivity contribution in [1.29, 1.82) is 5.26 Å². The lowest BCUT2D eigenvalue weighted by molar-refractivity contribution is -0.117. The van der Waals surface area contributed by atoms with E-state index in [2.05, 4.69) is 15.5 Å². The van der Waals surface area contributed by atoms with Gasteiger partial charge in [0.25, 0.3) is 5.91 Å². The number of methoxy groups -OCH3 is 2. The van der Waals surface area contributed by atoms with Crippen molar-refractivity contribution in [2.45, 2.75) is 13.0 Å². The molecule has 1 aliphatic heterocycles. The van der Waals surface area contributed by atoms with Crippen LogP contribution in [0.25, 0.3) is 0 Å². The van der Waals surface area contributed by atoms with Gasteiger partial charge in [-0.05, 0) is 24.6 Å². The van der Waals surface area contributed by atoms with Crippen LogP contribution in [0.4, 0.5) is 0 Å². The molecule has 0 aliphatic carbocycles. The van der Waals surface area contributed by atoms with Crippen LogP contribution in [0.1, 0.15) is 18.5 Å². The molecule has 2 N–H and O–H groups in total. The maximum absolute atomic E-state index is 12.2. The molecule has 8 heteroatoms. The number of benzene rings is 1. The minimum absolute atomic E-state index is 0.0364. The third-order valence-electron chi connectivity index (χ3n) is 4.57. The first-order valence-electron chi connectivity index (χ1n) is 9.25. The number of nitriles is 1.